The molecule has 0 aliphatic heterocycles. The molecule has 0 aliphatic carbocycles. The monoisotopic (exact) mass is 514 g/mol. The van der Waals surface area contributed by atoms with E-state index >= 15 is 0 Å². The molecule has 202 valence electrons. The molecule has 0 saturated heterocycles. The van der Waals surface area contributed by atoms with Gasteiger partial charge in [-0.05, 0) is 80.3 Å². The van der Waals surface area contributed by atoms with Crippen molar-refractivity contribution in [3.63, 3.8) is 0 Å². The third-order valence-electron chi connectivity index (χ3n) is 6.73. The van der Waals surface area contributed by atoms with Crippen molar-refractivity contribution in [3.8, 4) is 17.2 Å². The number of nitrogens with zero attached hydrogens (tertiary/aromatic N) is 2. The summed E-state index contributed by atoms with van der Waals surface area (Å²) in [6, 6.07) is 14.8. The second kappa shape index (κ2) is 15.0. The Bertz CT molecular complexity index is 1250. The van der Waals surface area contributed by atoms with Gasteiger partial charge in [0, 0.05) is 29.6 Å². The summed E-state index contributed by atoms with van der Waals surface area (Å²) < 4.78 is 5.84. The Morgan fingerprint density at radius 3 is 1.74 bits per heavy atom. The lowest BCUT2D eigenvalue weighted by Crippen LogP contribution is -1.97. The van der Waals surface area contributed by atoms with Gasteiger partial charge in [-0.1, -0.05) is 57.9 Å². The van der Waals surface area contributed by atoms with Gasteiger partial charge >= 0.3 is 0 Å². The van der Waals surface area contributed by atoms with Gasteiger partial charge in [0.2, 0.25) is 0 Å². The van der Waals surface area contributed by atoms with E-state index in [1.807, 2.05) is 57.2 Å². The number of rotatable bonds is 14. The number of hydrogen-bond acceptors (Lipinski definition) is 5. The van der Waals surface area contributed by atoms with Crippen molar-refractivity contribution in [2.24, 2.45) is 9.98 Å². The second-order valence-corrected chi connectivity index (χ2v) is 10.0. The van der Waals surface area contributed by atoms with Gasteiger partial charge in [-0.2, -0.15) is 0 Å². The average Bonchev–Trinajstić information content (AvgIpc) is 2.89. The van der Waals surface area contributed by atoms with E-state index in [1.165, 1.54) is 44.9 Å². The average molecular weight is 515 g/mol. The van der Waals surface area contributed by atoms with E-state index in [0.29, 0.717) is 34.9 Å². The fourth-order valence-electron chi connectivity index (χ4n) is 4.18. The summed E-state index contributed by atoms with van der Waals surface area (Å²) in [5, 5.41) is 20.8. The third kappa shape index (κ3) is 9.05. The summed E-state index contributed by atoms with van der Waals surface area (Å²) in [4.78, 5) is 9.25. The van der Waals surface area contributed by atoms with Gasteiger partial charge in [0.05, 0.1) is 18.0 Å². The summed E-state index contributed by atoms with van der Waals surface area (Å²) in [6.07, 6.45) is 13.3. The van der Waals surface area contributed by atoms with E-state index in [1.54, 1.807) is 24.6 Å². The van der Waals surface area contributed by atoms with Crippen LogP contribution in [-0.2, 0) is 0 Å². The molecule has 0 saturated carbocycles. The lowest BCUT2D eigenvalue weighted by atomic mass is 10.1. The van der Waals surface area contributed by atoms with E-state index in [2.05, 4.69) is 16.9 Å². The van der Waals surface area contributed by atoms with Crippen LogP contribution in [-0.4, -0.2) is 29.2 Å². The Kier molecular flexibility index (Phi) is 11.4. The van der Waals surface area contributed by atoms with Gasteiger partial charge in [0.1, 0.15) is 17.2 Å². The maximum atomic E-state index is 10.6. The number of ether oxygens (including phenoxy) is 1. The molecule has 5 nitrogen and oxygen atoms in total. The van der Waals surface area contributed by atoms with Crippen molar-refractivity contribution in [2.75, 3.05) is 6.61 Å². The Hall–Kier alpha value is -3.60. The number of unbranched alkanes of at least 4 members (excludes halogenated alkanes) is 7. The highest BCUT2D eigenvalue weighted by Gasteiger charge is 2.07. The highest BCUT2D eigenvalue weighted by Crippen LogP contribution is 2.32. The Morgan fingerprint density at radius 1 is 0.658 bits per heavy atom. The topological polar surface area (TPSA) is 74.4 Å². The van der Waals surface area contributed by atoms with Gasteiger partial charge in [0.25, 0.3) is 0 Å². The smallest absolute Gasteiger partial charge is 0.128 e. The van der Waals surface area contributed by atoms with Crippen LogP contribution in [0.25, 0.3) is 0 Å². The van der Waals surface area contributed by atoms with Gasteiger partial charge in [-0.25, -0.2) is 0 Å². The Balaban J connectivity index is 1.62. The minimum absolute atomic E-state index is 0.126. The van der Waals surface area contributed by atoms with E-state index in [4.69, 9.17) is 4.74 Å². The maximum absolute atomic E-state index is 10.6. The number of phenols is 2. The summed E-state index contributed by atoms with van der Waals surface area (Å²) >= 11 is 0. The SMILES string of the molecule is CCCCCCCCCCOc1ccc(C=Nc2cc(C)c(C)cc2N=Cc2ccc(C)cc2O)c(O)c1. The number of phenolic OH excluding ortho intramolecular Hbond substituents is 2. The molecule has 0 atom stereocenters. The fraction of sp³-hybridized carbons (Fsp3) is 0.394. The molecule has 5 heteroatoms. The second-order valence-electron chi connectivity index (χ2n) is 10.0. The van der Waals surface area contributed by atoms with Crippen molar-refractivity contribution in [1.29, 1.82) is 0 Å². The number of aromatic hydroxyl groups is 2. The van der Waals surface area contributed by atoms with Crippen LogP contribution in [0.4, 0.5) is 11.4 Å². The van der Waals surface area contributed by atoms with Gasteiger partial charge in [-0.15, -0.1) is 0 Å². The first-order valence-corrected chi connectivity index (χ1v) is 13.8. The van der Waals surface area contributed by atoms with Gasteiger partial charge < -0.3 is 14.9 Å². The van der Waals surface area contributed by atoms with Crippen LogP contribution in [0.5, 0.6) is 17.2 Å². The molecule has 3 rings (SSSR count). The molecule has 0 fully saturated rings. The lowest BCUT2D eigenvalue weighted by Gasteiger charge is -2.09. The zero-order chi connectivity index (χ0) is 27.3. The van der Waals surface area contributed by atoms with Crippen LogP contribution in [0, 0.1) is 20.8 Å². The highest BCUT2D eigenvalue weighted by atomic mass is 16.5. The molecule has 38 heavy (non-hydrogen) atoms. The molecule has 0 aliphatic rings. The summed E-state index contributed by atoms with van der Waals surface area (Å²) in [6.45, 7) is 8.89. The molecule has 3 aromatic rings. The van der Waals surface area contributed by atoms with Crippen LogP contribution < -0.4 is 4.74 Å². The van der Waals surface area contributed by atoms with Gasteiger partial charge in [0.15, 0.2) is 0 Å². The molecule has 0 aromatic heterocycles. The molecule has 2 N–H and O–H groups in total. The molecule has 0 radical (unpaired) electrons. The normalized spacial score (nSPS) is 11.6. The minimum Gasteiger partial charge on any atom is -0.507 e. The molecular formula is C33H42N2O3. The van der Waals surface area contributed by atoms with E-state index in [9.17, 15) is 10.2 Å². The van der Waals surface area contributed by atoms with Gasteiger partial charge in [-0.3, -0.25) is 9.98 Å². The van der Waals surface area contributed by atoms with Crippen LogP contribution in [0.15, 0.2) is 58.5 Å². The quantitative estimate of drug-likeness (QED) is 0.166. The van der Waals surface area contributed by atoms with Crippen molar-refractivity contribution in [3.05, 3.63) is 76.3 Å². The lowest BCUT2D eigenvalue weighted by molar-refractivity contribution is 0.302. The molecule has 0 unspecified atom stereocenters. The van der Waals surface area contributed by atoms with E-state index < -0.39 is 0 Å². The zero-order valence-corrected chi connectivity index (χ0v) is 23.3. The van der Waals surface area contributed by atoms with Crippen molar-refractivity contribution < 1.29 is 14.9 Å². The number of aliphatic imine (C=N–C) groups is 2. The van der Waals surface area contributed by atoms with Crippen LogP contribution in [0.3, 0.4) is 0 Å². The largest absolute Gasteiger partial charge is 0.507 e. The standard InChI is InChI=1S/C33H42N2O3/c1-5-6-7-8-9-10-11-12-17-38-29-16-15-28(33(37)21-29)23-35-31-20-26(4)25(3)19-30(31)34-22-27-14-13-24(2)18-32(27)36/h13-16,18-23,36-37H,5-12,17H2,1-4H3. The maximum Gasteiger partial charge on any atom is 0.128 e. The van der Waals surface area contributed by atoms with Crippen molar-refractivity contribution in [2.45, 2.75) is 79.1 Å². The molecule has 0 heterocycles. The van der Waals surface area contributed by atoms with E-state index in [-0.39, 0.29) is 11.5 Å². The summed E-state index contributed by atoms with van der Waals surface area (Å²) in [5.41, 5.74) is 5.81. The first-order chi connectivity index (χ1) is 18.4. The third-order valence-corrected chi connectivity index (χ3v) is 6.73. The minimum atomic E-state index is 0.126. The van der Waals surface area contributed by atoms with Crippen LogP contribution >= 0.6 is 0 Å². The zero-order valence-electron chi connectivity index (χ0n) is 23.3. The number of aryl methyl sites for hydroxylation is 3. The van der Waals surface area contributed by atoms with Crippen molar-refractivity contribution in [1.82, 2.24) is 0 Å². The van der Waals surface area contributed by atoms with E-state index in [0.717, 1.165) is 23.1 Å². The summed E-state index contributed by atoms with van der Waals surface area (Å²) in [5.74, 6) is 0.981. The Morgan fingerprint density at radius 2 is 1.18 bits per heavy atom. The first-order valence-electron chi connectivity index (χ1n) is 13.8. The molecule has 0 bridgehead atoms. The van der Waals surface area contributed by atoms with Crippen LogP contribution in [0.2, 0.25) is 0 Å². The molecule has 0 spiro atoms. The molecular weight excluding hydrogens is 472 g/mol. The predicted octanol–water partition coefficient (Wildman–Crippen LogP) is 9.04. The number of benzene rings is 3. The molecule has 3 aromatic carbocycles. The first kappa shape index (κ1) is 29.0. The highest BCUT2D eigenvalue weighted by molar-refractivity contribution is 5.89. The number of hydrogen-bond donors (Lipinski definition) is 2. The Labute approximate surface area is 228 Å². The fourth-order valence-corrected chi connectivity index (χ4v) is 4.18. The predicted molar refractivity (Wildman–Crippen MR) is 159 cm³/mol. The van der Waals surface area contributed by atoms with Crippen molar-refractivity contribution >= 4 is 23.8 Å². The summed E-state index contributed by atoms with van der Waals surface area (Å²) in [7, 11) is 0. The molecule has 0 amide bonds. The van der Waals surface area contributed by atoms with Crippen LogP contribution in [0.1, 0.15) is 86.1 Å².